The van der Waals surface area contributed by atoms with Crippen molar-refractivity contribution in [3.8, 4) is 0 Å². The number of rotatable bonds is 7. The van der Waals surface area contributed by atoms with Crippen molar-refractivity contribution in [3.63, 3.8) is 0 Å². The van der Waals surface area contributed by atoms with Gasteiger partial charge in [-0.3, -0.25) is 19.4 Å². The van der Waals surface area contributed by atoms with Gasteiger partial charge in [-0.2, -0.15) is 9.36 Å². The maximum Gasteiger partial charge on any atom is 0.512 e. The molecule has 1 fully saturated rings. The van der Waals surface area contributed by atoms with E-state index in [0.717, 1.165) is 39.3 Å². The number of hydrogen-bond donors (Lipinski definition) is 3. The number of aromatic nitrogens is 2. The van der Waals surface area contributed by atoms with Crippen LogP contribution in [-0.2, 0) is 23.9 Å². The molecule has 5 N–H and O–H groups in total. The molecule has 0 aliphatic carbocycles. The van der Waals surface area contributed by atoms with Crippen LogP contribution < -0.4 is 16.4 Å². The fraction of sp³-hybridized carbons (Fsp3) is 0.357. The number of amides is 3. The Kier molecular flexibility index (Phi) is 6.44. The van der Waals surface area contributed by atoms with Crippen molar-refractivity contribution in [3.05, 3.63) is 11.5 Å². The predicted octanol–water partition coefficient (Wildman–Crippen LogP) is -0.282. The first-order valence-corrected chi connectivity index (χ1v) is 9.97. The Morgan fingerprint density at radius 2 is 2.19 bits per heavy atom. The molecule has 2 atom stereocenters. The van der Waals surface area contributed by atoms with Gasteiger partial charge in [0.2, 0.25) is 22.9 Å². The third kappa shape index (κ3) is 4.61. The Balaban J connectivity index is 2.13. The lowest BCUT2D eigenvalue weighted by Gasteiger charge is -2.47. The summed E-state index contributed by atoms with van der Waals surface area (Å²) in [6.07, 6.45) is -2.00. The molecule has 2 aliphatic heterocycles. The Morgan fingerprint density at radius 3 is 2.74 bits per heavy atom. The maximum absolute atomic E-state index is 12.9. The highest BCUT2D eigenvalue weighted by molar-refractivity contribution is 8.01. The second-order valence-electron chi connectivity index (χ2n) is 5.77. The first-order chi connectivity index (χ1) is 14.7. The molecule has 0 spiro atoms. The van der Waals surface area contributed by atoms with E-state index in [2.05, 4.69) is 19.4 Å². The molecule has 166 valence electrons. The predicted molar refractivity (Wildman–Crippen MR) is 106 cm³/mol. The number of β-lactam (4-membered cyclic amide) rings is 1. The van der Waals surface area contributed by atoms with Crippen LogP contribution in [0.5, 0.6) is 0 Å². The highest BCUT2D eigenvalue weighted by Crippen LogP contribution is 2.46. The summed E-state index contributed by atoms with van der Waals surface area (Å²) in [5.74, 6) is -1.71. The molecule has 1 saturated heterocycles. The van der Waals surface area contributed by atoms with Gasteiger partial charge in [0.25, 0.3) is 5.91 Å². The molecule has 1 unspecified atom stereocenters. The zero-order valence-corrected chi connectivity index (χ0v) is 17.3. The van der Waals surface area contributed by atoms with Gasteiger partial charge in [-0.1, -0.05) is 5.16 Å². The minimum Gasteiger partial charge on any atom is -0.449 e. The van der Waals surface area contributed by atoms with E-state index in [1.54, 1.807) is 0 Å². The largest absolute Gasteiger partial charge is 0.512 e. The van der Waals surface area contributed by atoms with E-state index in [9.17, 15) is 19.2 Å². The van der Waals surface area contributed by atoms with Crippen molar-refractivity contribution in [2.75, 3.05) is 24.4 Å². The number of carbonyl (C=O) groups excluding carboxylic acids is 3. The van der Waals surface area contributed by atoms with Gasteiger partial charge in [-0.25, -0.2) is 9.59 Å². The van der Waals surface area contributed by atoms with E-state index in [0.29, 0.717) is 0 Å². The standard InChI is InChI=1S/C14H15N7O8S2/c1-27-17-3-7(23)21(13-18-11(15)31-19-13)10-5(4-28-12(16)24)9(29-14(25)26)20-6(22)2-8(20)30-10/h3,8,10H,2,4H2,1H3,(H2,16,24)(H,25,26)(H2,15,18,19)/t8-,10?/m0/s1. The molecule has 3 amide bonds. The Hall–Kier alpha value is -3.60. The van der Waals surface area contributed by atoms with Crippen LogP contribution in [0.2, 0.25) is 0 Å². The van der Waals surface area contributed by atoms with Crippen molar-refractivity contribution < 1.29 is 38.6 Å². The molecule has 3 rings (SSSR count). The lowest BCUT2D eigenvalue weighted by molar-refractivity contribution is -0.142. The number of carboxylic acid groups (broad SMARTS) is 1. The first-order valence-electron chi connectivity index (χ1n) is 8.25. The number of ether oxygens (including phenoxy) is 2. The summed E-state index contributed by atoms with van der Waals surface area (Å²) in [4.78, 5) is 58.1. The molecule has 0 radical (unpaired) electrons. The summed E-state index contributed by atoms with van der Waals surface area (Å²) in [5, 5.41) is 11.0. The lowest BCUT2D eigenvalue weighted by Crippen LogP contribution is -2.58. The SMILES string of the molecule is CON=CC(=O)N(c1nsc(N)n1)C1S[C@H]2CC(=O)N2C(OC(=O)O)=C1COC(N)=O. The Morgan fingerprint density at radius 1 is 1.45 bits per heavy atom. The van der Waals surface area contributed by atoms with Crippen molar-refractivity contribution in [1.82, 2.24) is 14.3 Å². The van der Waals surface area contributed by atoms with E-state index in [-0.39, 0.29) is 23.1 Å². The van der Waals surface area contributed by atoms with Gasteiger partial charge in [-0.05, 0) is 0 Å². The second kappa shape index (κ2) is 9.04. The third-order valence-electron chi connectivity index (χ3n) is 3.92. The van der Waals surface area contributed by atoms with Gasteiger partial charge in [0, 0.05) is 11.5 Å². The molecule has 1 aromatic rings. The monoisotopic (exact) mass is 473 g/mol. The number of fused-ring (bicyclic) bond motifs is 1. The zero-order chi connectivity index (χ0) is 22.7. The van der Waals surface area contributed by atoms with E-state index < -0.39 is 47.3 Å². The average molecular weight is 473 g/mol. The summed E-state index contributed by atoms with van der Waals surface area (Å²) in [5.41, 5.74) is 10.6. The number of primary amides is 1. The highest BCUT2D eigenvalue weighted by atomic mass is 32.2. The summed E-state index contributed by atoms with van der Waals surface area (Å²) in [6.45, 7) is -0.586. The number of thioether (sulfide) groups is 1. The van der Waals surface area contributed by atoms with Crippen molar-refractivity contribution >= 4 is 64.7 Å². The van der Waals surface area contributed by atoms with Crippen LogP contribution in [0.3, 0.4) is 0 Å². The number of nitrogen functional groups attached to an aromatic ring is 1. The van der Waals surface area contributed by atoms with Crippen molar-refractivity contribution in [2.45, 2.75) is 17.2 Å². The smallest absolute Gasteiger partial charge is 0.449 e. The lowest BCUT2D eigenvalue weighted by atomic mass is 10.1. The topological polar surface area (TPSA) is 213 Å². The minimum absolute atomic E-state index is 0.0527. The van der Waals surface area contributed by atoms with E-state index >= 15 is 0 Å². The van der Waals surface area contributed by atoms with Crippen molar-refractivity contribution in [1.29, 1.82) is 0 Å². The number of nitrogens with zero attached hydrogens (tertiary/aromatic N) is 5. The van der Waals surface area contributed by atoms with Gasteiger partial charge in [0.05, 0.1) is 17.4 Å². The highest BCUT2D eigenvalue weighted by Gasteiger charge is 2.51. The fourth-order valence-corrected chi connectivity index (χ4v) is 4.68. The van der Waals surface area contributed by atoms with Crippen LogP contribution in [0.4, 0.5) is 20.7 Å². The quantitative estimate of drug-likeness (QED) is 0.202. The summed E-state index contributed by atoms with van der Waals surface area (Å²) in [6, 6.07) is 0. The molecule has 0 bridgehead atoms. The average Bonchev–Trinajstić information content (AvgIpc) is 3.10. The number of carbonyl (C=O) groups is 4. The van der Waals surface area contributed by atoms with Gasteiger partial charge in [0.1, 0.15) is 25.3 Å². The van der Waals surface area contributed by atoms with Gasteiger partial charge in [0.15, 0.2) is 0 Å². The third-order valence-corrected chi connectivity index (χ3v) is 5.90. The van der Waals surface area contributed by atoms with Crippen LogP contribution in [0.25, 0.3) is 0 Å². The molecule has 31 heavy (non-hydrogen) atoms. The molecule has 3 heterocycles. The molecule has 0 saturated carbocycles. The normalized spacial score (nSPS) is 20.2. The zero-order valence-electron chi connectivity index (χ0n) is 15.7. The van der Waals surface area contributed by atoms with E-state index in [1.165, 1.54) is 7.11 Å². The van der Waals surface area contributed by atoms with E-state index in [4.69, 9.17) is 26.0 Å². The maximum atomic E-state index is 12.9. The van der Waals surface area contributed by atoms with Crippen LogP contribution in [0.15, 0.2) is 16.6 Å². The first kappa shape index (κ1) is 22.1. The number of nitrogens with two attached hydrogens (primary N) is 2. The van der Waals surface area contributed by atoms with Gasteiger partial charge in [-0.15, -0.1) is 11.8 Å². The molecule has 17 heteroatoms. The summed E-state index contributed by atoms with van der Waals surface area (Å²) < 4.78 is 13.7. The molecule has 15 nitrogen and oxygen atoms in total. The molecule has 2 aliphatic rings. The van der Waals surface area contributed by atoms with Crippen LogP contribution >= 0.6 is 23.3 Å². The van der Waals surface area contributed by atoms with Crippen LogP contribution in [0, 0.1) is 0 Å². The number of anilines is 2. The van der Waals surface area contributed by atoms with Crippen LogP contribution in [0.1, 0.15) is 6.42 Å². The summed E-state index contributed by atoms with van der Waals surface area (Å²) in [7, 11) is 1.23. The number of oxime groups is 1. The molecule has 0 aromatic carbocycles. The molecular weight excluding hydrogens is 458 g/mol. The van der Waals surface area contributed by atoms with Gasteiger partial charge < -0.3 is 30.9 Å². The minimum atomic E-state index is -1.72. The molecular formula is C14H15N7O8S2. The summed E-state index contributed by atoms with van der Waals surface area (Å²) >= 11 is 1.89. The number of hydrogen-bond acceptors (Lipinski definition) is 13. The van der Waals surface area contributed by atoms with Crippen LogP contribution in [-0.4, -0.2) is 74.1 Å². The molecule has 1 aromatic heterocycles. The second-order valence-corrected chi connectivity index (χ2v) is 7.82. The Labute approximate surface area is 181 Å². The Bertz CT molecular complexity index is 980. The van der Waals surface area contributed by atoms with E-state index in [1.807, 2.05) is 0 Å². The van der Waals surface area contributed by atoms with Crippen molar-refractivity contribution in [2.24, 2.45) is 10.9 Å². The van der Waals surface area contributed by atoms with Gasteiger partial charge >= 0.3 is 12.2 Å². The fourth-order valence-electron chi connectivity index (χ4n) is 2.73.